The van der Waals surface area contributed by atoms with Gasteiger partial charge in [0.2, 0.25) is 5.95 Å². The molecule has 4 rings (SSSR count). The summed E-state index contributed by atoms with van der Waals surface area (Å²) in [4.78, 5) is 26.1. The second kappa shape index (κ2) is 10.4. The Morgan fingerprint density at radius 1 is 1.26 bits per heavy atom. The Bertz CT molecular complexity index is 1190. The van der Waals surface area contributed by atoms with E-state index in [1.165, 1.54) is 11.3 Å². The largest absolute Gasteiger partial charge is 0.462 e. The zero-order chi connectivity index (χ0) is 25.2. The molecule has 7 nitrogen and oxygen atoms in total. The highest BCUT2D eigenvalue weighted by molar-refractivity contribution is 7.15. The van der Waals surface area contributed by atoms with Crippen LogP contribution in [0.5, 0.6) is 0 Å². The number of carbonyl (C=O) groups excluding carboxylic acids is 1. The van der Waals surface area contributed by atoms with E-state index < -0.39 is 5.60 Å². The Kier molecular flexibility index (Phi) is 7.52. The highest BCUT2D eigenvalue weighted by Crippen LogP contribution is 2.44. The Labute approximate surface area is 211 Å². The number of aryl methyl sites for hydroxylation is 2. The number of thiazole rings is 1. The van der Waals surface area contributed by atoms with Crippen molar-refractivity contribution in [1.82, 2.24) is 15.0 Å². The van der Waals surface area contributed by atoms with Crippen LogP contribution in [0, 0.1) is 25.7 Å². The normalized spacial score (nSPS) is 21.8. The molecule has 0 amide bonds. The molecule has 1 aliphatic rings. The van der Waals surface area contributed by atoms with Crippen molar-refractivity contribution in [2.75, 3.05) is 5.32 Å². The number of ether oxygens (including phenoxy) is 1. The molecule has 2 unspecified atom stereocenters. The molecule has 1 aromatic carbocycles. The molecular weight excluding hydrogens is 460 g/mol. The van der Waals surface area contributed by atoms with E-state index in [0.29, 0.717) is 17.4 Å². The molecule has 2 aromatic heterocycles. The third kappa shape index (κ3) is 5.87. The van der Waals surface area contributed by atoms with Crippen LogP contribution in [0.15, 0.2) is 36.7 Å². The molecule has 0 spiro atoms. The van der Waals surface area contributed by atoms with Gasteiger partial charge in [-0.15, -0.1) is 11.3 Å². The number of aromatic nitrogens is 3. The molecule has 0 aliphatic heterocycles. The van der Waals surface area contributed by atoms with Crippen LogP contribution in [-0.2, 0) is 15.1 Å². The van der Waals surface area contributed by atoms with E-state index in [2.05, 4.69) is 52.3 Å². The summed E-state index contributed by atoms with van der Waals surface area (Å²) in [5.74, 6) is 0.659. The molecular formula is C27H34N4O3S. The first-order chi connectivity index (χ1) is 16.7. The van der Waals surface area contributed by atoms with E-state index in [9.17, 15) is 9.90 Å². The molecule has 1 saturated carbocycles. The molecule has 4 atom stereocenters. The predicted octanol–water partition coefficient (Wildman–Crippen LogP) is 5.93. The van der Waals surface area contributed by atoms with Gasteiger partial charge in [0.1, 0.15) is 16.7 Å². The smallest absolute Gasteiger partial charge is 0.305 e. The van der Waals surface area contributed by atoms with Crippen molar-refractivity contribution in [2.24, 2.45) is 11.8 Å². The zero-order valence-corrected chi connectivity index (χ0v) is 21.9. The molecule has 2 heterocycles. The highest BCUT2D eigenvalue weighted by atomic mass is 32.1. The molecule has 3 aromatic rings. The average Bonchev–Trinajstić information content (AvgIpc) is 3.31. The minimum absolute atomic E-state index is 0.0567. The fraction of sp³-hybridized carbons (Fsp3) is 0.481. The second-order valence-electron chi connectivity index (χ2n) is 9.78. The van der Waals surface area contributed by atoms with Gasteiger partial charge < -0.3 is 15.2 Å². The van der Waals surface area contributed by atoms with Gasteiger partial charge in [0.15, 0.2) is 0 Å². The number of hydrogen-bond donors (Lipinski definition) is 2. The number of nitrogens with zero attached hydrogens (tertiary/aromatic N) is 3. The topological polar surface area (TPSA) is 97.2 Å². The molecule has 0 radical (unpaired) electrons. The Hall–Kier alpha value is -2.84. The number of nitrogens with one attached hydrogen (secondary N) is 1. The Morgan fingerprint density at radius 2 is 2.06 bits per heavy atom. The molecule has 0 bridgehead atoms. The molecule has 8 heteroatoms. The fourth-order valence-corrected chi connectivity index (χ4v) is 5.79. The highest BCUT2D eigenvalue weighted by Gasteiger charge is 2.42. The number of rotatable bonds is 7. The van der Waals surface area contributed by atoms with E-state index in [4.69, 9.17) is 4.74 Å². The minimum atomic E-state index is -1.04. The van der Waals surface area contributed by atoms with Crippen molar-refractivity contribution in [3.05, 3.63) is 52.9 Å². The van der Waals surface area contributed by atoms with Crippen LogP contribution in [-0.4, -0.2) is 32.1 Å². The first-order valence-corrected chi connectivity index (χ1v) is 13.0. The van der Waals surface area contributed by atoms with Crippen LogP contribution in [0.1, 0.15) is 62.7 Å². The fourth-order valence-electron chi connectivity index (χ4n) is 4.76. The van der Waals surface area contributed by atoms with E-state index in [1.807, 2.05) is 33.0 Å². The third-order valence-electron chi connectivity index (χ3n) is 6.81. The van der Waals surface area contributed by atoms with Crippen LogP contribution >= 0.6 is 11.3 Å². The maximum absolute atomic E-state index is 11.7. The van der Waals surface area contributed by atoms with Crippen molar-refractivity contribution < 1.29 is 14.6 Å². The molecule has 186 valence electrons. The first-order valence-electron chi connectivity index (χ1n) is 12.2. The van der Waals surface area contributed by atoms with Gasteiger partial charge in [-0.3, -0.25) is 4.79 Å². The number of anilines is 2. The lowest BCUT2D eigenvalue weighted by atomic mass is 9.73. The van der Waals surface area contributed by atoms with Crippen LogP contribution in [0.25, 0.3) is 10.4 Å². The summed E-state index contributed by atoms with van der Waals surface area (Å²) in [5.41, 5.74) is 2.89. The van der Waals surface area contributed by atoms with Gasteiger partial charge in [0.25, 0.3) is 0 Å². The van der Waals surface area contributed by atoms with Crippen LogP contribution in [0.2, 0.25) is 0 Å². The molecule has 1 aliphatic carbocycles. The summed E-state index contributed by atoms with van der Waals surface area (Å²) >= 11 is 1.52. The number of carbonyl (C=O) groups is 1. The van der Waals surface area contributed by atoms with Gasteiger partial charge >= 0.3 is 5.97 Å². The van der Waals surface area contributed by atoms with Crippen LogP contribution < -0.4 is 5.32 Å². The van der Waals surface area contributed by atoms with E-state index >= 15 is 0 Å². The van der Waals surface area contributed by atoms with Gasteiger partial charge in [-0.1, -0.05) is 19.9 Å². The van der Waals surface area contributed by atoms with E-state index in [1.54, 1.807) is 6.20 Å². The molecule has 1 fully saturated rings. The predicted molar refractivity (Wildman–Crippen MR) is 139 cm³/mol. The summed E-state index contributed by atoms with van der Waals surface area (Å²) in [7, 11) is 0. The van der Waals surface area contributed by atoms with Crippen LogP contribution in [0.4, 0.5) is 11.6 Å². The second-order valence-corrected chi connectivity index (χ2v) is 10.8. The third-order valence-corrected chi connectivity index (χ3v) is 8.08. The lowest BCUT2D eigenvalue weighted by Crippen LogP contribution is -2.40. The quantitative estimate of drug-likeness (QED) is 0.393. The van der Waals surface area contributed by atoms with Crippen molar-refractivity contribution in [1.29, 1.82) is 0 Å². The Balaban J connectivity index is 1.50. The Morgan fingerprint density at radius 3 is 2.77 bits per heavy atom. The average molecular weight is 495 g/mol. The van der Waals surface area contributed by atoms with E-state index in [0.717, 1.165) is 46.6 Å². The van der Waals surface area contributed by atoms with Crippen molar-refractivity contribution in [3.8, 4) is 10.4 Å². The number of benzene rings is 1. The lowest BCUT2D eigenvalue weighted by Gasteiger charge is -2.39. The zero-order valence-electron chi connectivity index (χ0n) is 21.0. The van der Waals surface area contributed by atoms with Gasteiger partial charge in [-0.2, -0.15) is 0 Å². The summed E-state index contributed by atoms with van der Waals surface area (Å²) in [5, 5.41) is 15.5. The molecule has 35 heavy (non-hydrogen) atoms. The van der Waals surface area contributed by atoms with Crippen LogP contribution in [0.3, 0.4) is 0 Å². The van der Waals surface area contributed by atoms with Crippen molar-refractivity contribution >= 4 is 28.9 Å². The van der Waals surface area contributed by atoms with Gasteiger partial charge in [-0.25, -0.2) is 15.0 Å². The van der Waals surface area contributed by atoms with Crippen molar-refractivity contribution in [2.45, 2.75) is 72.0 Å². The van der Waals surface area contributed by atoms with E-state index in [-0.39, 0.29) is 23.9 Å². The maximum atomic E-state index is 11.7. The maximum Gasteiger partial charge on any atom is 0.305 e. The number of aliphatic hydroxyl groups is 1. The van der Waals surface area contributed by atoms with Gasteiger partial charge in [0.05, 0.1) is 4.88 Å². The monoisotopic (exact) mass is 494 g/mol. The summed E-state index contributed by atoms with van der Waals surface area (Å²) in [6.45, 7) is 9.76. The number of esters is 1. The van der Waals surface area contributed by atoms with Crippen molar-refractivity contribution in [3.63, 3.8) is 0 Å². The summed E-state index contributed by atoms with van der Waals surface area (Å²) in [6.07, 6.45) is 6.24. The summed E-state index contributed by atoms with van der Waals surface area (Å²) in [6, 6.07) is 8.09. The minimum Gasteiger partial charge on any atom is -0.462 e. The standard InChI is InChI=1S/C27H34N4O3S/c1-6-24(32)34-22-8-7-20(13-17(22)3)27(5,33)25-29-15-23(35-25)19-11-16(2)12-21(14-19)31-26-28-10-9-18(4)30-26/h9-12,14-15,17,20,22,33H,6-8,13H2,1-5H3,(H,28,30,31)/t17-,20?,22-,27?/m1/s1. The van der Waals surface area contributed by atoms with Gasteiger partial charge in [0, 0.05) is 30.2 Å². The molecule has 2 N–H and O–H groups in total. The first kappa shape index (κ1) is 25.3. The molecule has 0 saturated heterocycles. The SMILES string of the molecule is CCC(=O)O[C@@H]1CCC(C(C)(O)c2ncc(-c3cc(C)cc(Nc4nccc(C)n4)c3)s2)C[C@H]1C. The number of hydrogen-bond acceptors (Lipinski definition) is 8. The lowest BCUT2D eigenvalue weighted by molar-refractivity contribution is -0.155. The van der Waals surface area contributed by atoms with Gasteiger partial charge in [-0.05, 0) is 81.2 Å². The summed E-state index contributed by atoms with van der Waals surface area (Å²) < 4.78 is 5.60.